The predicted molar refractivity (Wildman–Crippen MR) is 137 cm³/mol. The molecule has 4 rings (SSSR count). The average Bonchev–Trinajstić information content (AvgIpc) is 2.84. The molecule has 0 amide bonds. The van der Waals surface area contributed by atoms with Gasteiger partial charge in [-0.1, -0.05) is 130 Å². The maximum atomic E-state index is 10.9. The molecule has 0 bridgehead atoms. The molecule has 0 spiro atoms. The van der Waals surface area contributed by atoms with Crippen molar-refractivity contribution in [2.45, 2.75) is 0 Å². The lowest BCUT2D eigenvalue weighted by Gasteiger charge is -2.21. The molecule has 0 saturated heterocycles. The highest BCUT2D eigenvalue weighted by Gasteiger charge is 2.29. The van der Waals surface area contributed by atoms with Crippen LogP contribution in [0.2, 0.25) is 30.1 Å². The van der Waals surface area contributed by atoms with Gasteiger partial charge in [0.25, 0.3) is 0 Å². The van der Waals surface area contributed by atoms with Gasteiger partial charge in [0.2, 0.25) is 0 Å². The van der Waals surface area contributed by atoms with Gasteiger partial charge in [0.1, 0.15) is 10.0 Å². The van der Waals surface area contributed by atoms with Crippen molar-refractivity contribution < 1.29 is 14.9 Å². The molecule has 4 aromatic carbocycles. The maximum absolute atomic E-state index is 10.9. The first-order valence-electron chi connectivity index (χ1n) is 9.31. The number of hydrogen-bond acceptors (Lipinski definition) is 3. The van der Waals surface area contributed by atoms with Crippen LogP contribution in [0.1, 0.15) is 0 Å². The summed E-state index contributed by atoms with van der Waals surface area (Å²) in [5, 5.41) is 21.3. The summed E-state index contributed by atoms with van der Waals surface area (Å²) in [5.41, 5.74) is 1.67. The number of hydrogen-bond donors (Lipinski definition) is 2. The van der Waals surface area contributed by atoms with Crippen LogP contribution >= 0.6 is 69.6 Å². The SMILES string of the molecule is Oc1c(Cl)c(Cl)c(Cl)c(-c2ccccc2)c1Oc1c(O)c(Cl)c(Cl)c(Cl)c1-c1ccccc1. The Morgan fingerprint density at radius 3 is 1.12 bits per heavy atom. The van der Waals surface area contributed by atoms with Gasteiger partial charge in [-0.2, -0.15) is 0 Å². The van der Waals surface area contributed by atoms with Crippen molar-refractivity contribution in [2.24, 2.45) is 0 Å². The minimum atomic E-state index is -0.481. The molecule has 0 fully saturated rings. The standard InChI is InChI=1S/C24H12Cl6O3/c25-15-13(11-7-3-1-4-8-11)23(21(31)19(29)17(15)27)33-24-14(12-9-5-2-6-10-12)16(26)18(28)20(30)22(24)32/h1-10,31-32H. The lowest BCUT2D eigenvalue weighted by Crippen LogP contribution is -1.96. The van der Waals surface area contributed by atoms with Gasteiger partial charge in [0.15, 0.2) is 23.0 Å². The summed E-state index contributed by atoms with van der Waals surface area (Å²) in [6, 6.07) is 17.7. The van der Waals surface area contributed by atoms with E-state index >= 15 is 0 Å². The second-order valence-electron chi connectivity index (χ2n) is 6.82. The van der Waals surface area contributed by atoms with E-state index in [4.69, 9.17) is 74.3 Å². The summed E-state index contributed by atoms with van der Waals surface area (Å²) >= 11 is 38.0. The first-order valence-corrected chi connectivity index (χ1v) is 11.6. The third kappa shape index (κ3) is 4.30. The molecule has 0 saturated carbocycles. The van der Waals surface area contributed by atoms with Gasteiger partial charge in [-0.15, -0.1) is 0 Å². The summed E-state index contributed by atoms with van der Waals surface area (Å²) in [6.07, 6.45) is 0. The van der Waals surface area contributed by atoms with Crippen LogP contribution in [0.4, 0.5) is 0 Å². The van der Waals surface area contributed by atoms with Crippen molar-refractivity contribution in [1.82, 2.24) is 0 Å². The normalized spacial score (nSPS) is 11.0. The number of ether oxygens (including phenoxy) is 1. The van der Waals surface area contributed by atoms with Crippen molar-refractivity contribution in [1.29, 1.82) is 0 Å². The zero-order chi connectivity index (χ0) is 23.9. The van der Waals surface area contributed by atoms with Gasteiger partial charge in [-0.3, -0.25) is 0 Å². The number of rotatable bonds is 4. The fourth-order valence-electron chi connectivity index (χ4n) is 3.28. The Morgan fingerprint density at radius 2 is 0.788 bits per heavy atom. The molecular weight excluding hydrogens is 549 g/mol. The zero-order valence-corrected chi connectivity index (χ0v) is 20.9. The molecule has 0 unspecified atom stereocenters. The molecule has 4 aromatic rings. The van der Waals surface area contributed by atoms with Crippen molar-refractivity contribution in [3.63, 3.8) is 0 Å². The van der Waals surface area contributed by atoms with Crippen LogP contribution < -0.4 is 4.74 Å². The third-order valence-electron chi connectivity index (χ3n) is 4.84. The lowest BCUT2D eigenvalue weighted by molar-refractivity contribution is 0.388. The number of benzene rings is 4. The highest BCUT2D eigenvalue weighted by atomic mass is 35.5. The van der Waals surface area contributed by atoms with E-state index < -0.39 is 11.5 Å². The van der Waals surface area contributed by atoms with E-state index in [2.05, 4.69) is 0 Å². The molecule has 0 aliphatic rings. The molecule has 168 valence electrons. The van der Waals surface area contributed by atoms with E-state index in [0.717, 1.165) is 0 Å². The second-order valence-corrected chi connectivity index (χ2v) is 9.09. The van der Waals surface area contributed by atoms with Crippen molar-refractivity contribution in [3.05, 3.63) is 90.8 Å². The minimum Gasteiger partial charge on any atom is -0.503 e. The van der Waals surface area contributed by atoms with Crippen LogP contribution in [0, 0.1) is 0 Å². The molecule has 3 nitrogen and oxygen atoms in total. The van der Waals surface area contributed by atoms with Gasteiger partial charge in [-0.05, 0) is 11.1 Å². The van der Waals surface area contributed by atoms with E-state index in [-0.39, 0.29) is 52.8 Å². The Hall–Kier alpha value is -1.98. The monoisotopic (exact) mass is 558 g/mol. The maximum Gasteiger partial charge on any atom is 0.180 e. The van der Waals surface area contributed by atoms with E-state index in [1.54, 1.807) is 48.5 Å². The Kier molecular flexibility index (Phi) is 7.11. The number of phenols is 2. The molecule has 0 atom stereocenters. The van der Waals surface area contributed by atoms with Gasteiger partial charge in [-0.25, -0.2) is 0 Å². The molecule has 0 heterocycles. The second kappa shape index (κ2) is 9.71. The zero-order valence-electron chi connectivity index (χ0n) is 16.3. The Morgan fingerprint density at radius 1 is 0.455 bits per heavy atom. The smallest absolute Gasteiger partial charge is 0.180 e. The quantitative estimate of drug-likeness (QED) is 0.244. The fraction of sp³-hybridized carbons (Fsp3) is 0. The summed E-state index contributed by atoms with van der Waals surface area (Å²) in [7, 11) is 0. The molecule has 0 radical (unpaired) electrons. The lowest BCUT2D eigenvalue weighted by atomic mass is 10.0. The van der Waals surface area contributed by atoms with Crippen LogP contribution in [0.15, 0.2) is 60.7 Å². The van der Waals surface area contributed by atoms with Crippen LogP contribution in [0.25, 0.3) is 22.3 Å². The van der Waals surface area contributed by atoms with Gasteiger partial charge in [0.05, 0.1) is 20.1 Å². The van der Waals surface area contributed by atoms with Crippen molar-refractivity contribution in [2.75, 3.05) is 0 Å². The molecule has 33 heavy (non-hydrogen) atoms. The fourth-order valence-corrected chi connectivity index (χ4v) is 4.69. The third-order valence-corrected chi connectivity index (χ3v) is 7.47. The molecule has 0 aromatic heterocycles. The number of phenolic OH excluding ortho intramolecular Hbond substituents is 2. The van der Waals surface area contributed by atoms with Crippen LogP contribution in [-0.4, -0.2) is 10.2 Å². The summed E-state index contributed by atoms with van der Waals surface area (Å²) in [6.45, 7) is 0. The first kappa shape index (κ1) is 24.2. The largest absolute Gasteiger partial charge is 0.503 e. The van der Waals surface area contributed by atoms with Gasteiger partial charge >= 0.3 is 0 Å². The topological polar surface area (TPSA) is 49.7 Å². The highest BCUT2D eigenvalue weighted by molar-refractivity contribution is 6.51. The van der Waals surface area contributed by atoms with Crippen molar-refractivity contribution in [3.8, 4) is 45.3 Å². The molecule has 2 N–H and O–H groups in total. The van der Waals surface area contributed by atoms with Crippen LogP contribution in [0.5, 0.6) is 23.0 Å². The molecular formula is C24H12Cl6O3. The molecule has 0 aliphatic heterocycles. The molecule has 9 heteroatoms. The van der Waals surface area contributed by atoms with Gasteiger partial charge < -0.3 is 14.9 Å². The van der Waals surface area contributed by atoms with E-state index in [9.17, 15) is 10.2 Å². The van der Waals surface area contributed by atoms with Crippen LogP contribution in [-0.2, 0) is 0 Å². The summed E-state index contributed by atoms with van der Waals surface area (Å²) in [4.78, 5) is 0. The molecule has 0 aliphatic carbocycles. The van der Waals surface area contributed by atoms with E-state index in [0.29, 0.717) is 11.1 Å². The highest BCUT2D eigenvalue weighted by Crippen LogP contribution is 2.57. The summed E-state index contributed by atoms with van der Waals surface area (Å²) < 4.78 is 6.09. The predicted octanol–water partition coefficient (Wildman–Crippen LogP) is 10.1. The van der Waals surface area contributed by atoms with E-state index in [1.807, 2.05) is 12.1 Å². The van der Waals surface area contributed by atoms with E-state index in [1.165, 1.54) is 0 Å². The first-order chi connectivity index (χ1) is 15.7. The van der Waals surface area contributed by atoms with Crippen LogP contribution in [0.3, 0.4) is 0 Å². The van der Waals surface area contributed by atoms with Crippen molar-refractivity contribution >= 4 is 69.6 Å². The average molecular weight is 561 g/mol. The minimum absolute atomic E-state index is 0.0487. The Labute approximate surface area is 219 Å². The number of aromatic hydroxyl groups is 2. The Bertz CT molecular complexity index is 1250. The number of halogens is 6. The Balaban J connectivity index is 2.06. The van der Waals surface area contributed by atoms with Gasteiger partial charge in [0, 0.05) is 11.1 Å². The summed E-state index contributed by atoms with van der Waals surface area (Å²) in [5.74, 6) is -1.26.